The average Bonchev–Trinajstić information content (AvgIpc) is 3.14. The van der Waals surface area contributed by atoms with Crippen molar-refractivity contribution in [3.05, 3.63) is 64.7 Å². The van der Waals surface area contributed by atoms with Crippen molar-refractivity contribution in [3.63, 3.8) is 0 Å². The first-order chi connectivity index (χ1) is 14.5. The van der Waals surface area contributed by atoms with E-state index in [0.29, 0.717) is 5.03 Å². The Morgan fingerprint density at radius 2 is 1.83 bits per heavy atom. The molecule has 30 heavy (non-hydrogen) atoms. The highest BCUT2D eigenvalue weighted by atomic mass is 32.2. The lowest BCUT2D eigenvalue weighted by Gasteiger charge is -2.09. The zero-order chi connectivity index (χ0) is 21.1. The SMILES string of the molecule is CCc1ccccc1NC(=O)CSc1nnc(-c2ccc(C)cc2)c2sc(C)nc12. The summed E-state index contributed by atoms with van der Waals surface area (Å²) in [6.07, 6.45) is 0.869. The Labute approximate surface area is 184 Å². The van der Waals surface area contributed by atoms with E-state index in [4.69, 9.17) is 0 Å². The molecule has 5 nitrogen and oxygen atoms in total. The summed E-state index contributed by atoms with van der Waals surface area (Å²) in [7, 11) is 0. The first-order valence-electron chi connectivity index (χ1n) is 9.76. The van der Waals surface area contributed by atoms with Crippen LogP contribution in [0.15, 0.2) is 53.6 Å². The number of amides is 1. The lowest BCUT2D eigenvalue weighted by atomic mass is 10.1. The third kappa shape index (κ3) is 4.37. The summed E-state index contributed by atoms with van der Waals surface area (Å²) in [4.78, 5) is 17.2. The number of aryl methyl sites for hydroxylation is 3. The Bertz CT molecular complexity index is 1200. The fraction of sp³-hybridized carbons (Fsp3) is 0.217. The van der Waals surface area contributed by atoms with Gasteiger partial charge >= 0.3 is 0 Å². The van der Waals surface area contributed by atoms with Gasteiger partial charge in [-0.2, -0.15) is 0 Å². The zero-order valence-corrected chi connectivity index (χ0v) is 18.7. The number of thiazole rings is 1. The van der Waals surface area contributed by atoms with E-state index in [0.717, 1.165) is 44.2 Å². The number of para-hydroxylation sites is 1. The number of rotatable bonds is 6. The highest BCUT2D eigenvalue weighted by molar-refractivity contribution is 8.00. The molecule has 0 aliphatic carbocycles. The van der Waals surface area contributed by atoms with Gasteiger partial charge < -0.3 is 5.32 Å². The molecule has 7 heteroatoms. The van der Waals surface area contributed by atoms with Crippen molar-refractivity contribution in [3.8, 4) is 11.3 Å². The second-order valence-electron chi connectivity index (χ2n) is 6.98. The topological polar surface area (TPSA) is 67.8 Å². The molecule has 2 aromatic heterocycles. The standard InChI is InChI=1S/C23H22N4OS2/c1-4-16-7-5-6-8-18(16)25-19(28)13-29-23-21-22(30-15(3)24-21)20(26-27-23)17-11-9-14(2)10-12-17/h5-12H,4,13H2,1-3H3,(H,25,28). The number of aromatic nitrogens is 3. The molecule has 4 rings (SSSR count). The van der Waals surface area contributed by atoms with Crippen molar-refractivity contribution >= 4 is 44.9 Å². The minimum atomic E-state index is -0.0644. The zero-order valence-electron chi connectivity index (χ0n) is 17.1. The van der Waals surface area contributed by atoms with E-state index >= 15 is 0 Å². The van der Waals surface area contributed by atoms with Gasteiger partial charge in [-0.05, 0) is 31.9 Å². The van der Waals surface area contributed by atoms with Gasteiger partial charge in [0.05, 0.1) is 15.5 Å². The van der Waals surface area contributed by atoms with Crippen LogP contribution in [0.3, 0.4) is 0 Å². The van der Waals surface area contributed by atoms with E-state index < -0.39 is 0 Å². The molecule has 0 radical (unpaired) electrons. The number of carbonyl (C=O) groups is 1. The third-order valence-corrected chi connectivity index (χ3v) is 6.66. The maximum absolute atomic E-state index is 12.5. The number of carbonyl (C=O) groups excluding carboxylic acids is 1. The molecule has 152 valence electrons. The molecule has 1 N–H and O–H groups in total. The van der Waals surface area contributed by atoms with Crippen LogP contribution in [0.25, 0.3) is 21.5 Å². The van der Waals surface area contributed by atoms with Crippen LogP contribution < -0.4 is 5.32 Å². The van der Waals surface area contributed by atoms with Crippen molar-refractivity contribution in [2.75, 3.05) is 11.1 Å². The largest absolute Gasteiger partial charge is 0.325 e. The number of nitrogens with one attached hydrogen (secondary N) is 1. The number of fused-ring (bicyclic) bond motifs is 1. The quantitative estimate of drug-likeness (QED) is 0.396. The first-order valence-corrected chi connectivity index (χ1v) is 11.6. The fourth-order valence-electron chi connectivity index (χ4n) is 3.19. The van der Waals surface area contributed by atoms with Gasteiger partial charge in [0.15, 0.2) is 0 Å². The third-order valence-electron chi connectivity index (χ3n) is 4.73. The van der Waals surface area contributed by atoms with Gasteiger partial charge in [0.25, 0.3) is 0 Å². The maximum atomic E-state index is 12.5. The highest BCUT2D eigenvalue weighted by Gasteiger charge is 2.17. The average molecular weight is 435 g/mol. The van der Waals surface area contributed by atoms with E-state index in [-0.39, 0.29) is 11.7 Å². The molecular weight excluding hydrogens is 412 g/mol. The fourth-order valence-corrected chi connectivity index (χ4v) is 4.90. The second kappa shape index (κ2) is 8.93. The molecule has 0 unspecified atom stereocenters. The van der Waals surface area contributed by atoms with Gasteiger partial charge in [-0.25, -0.2) is 4.98 Å². The monoisotopic (exact) mass is 434 g/mol. The molecule has 0 atom stereocenters. The summed E-state index contributed by atoms with van der Waals surface area (Å²) >= 11 is 2.98. The second-order valence-corrected chi connectivity index (χ2v) is 9.15. The molecule has 4 aromatic rings. The molecule has 0 aliphatic heterocycles. The van der Waals surface area contributed by atoms with E-state index in [9.17, 15) is 4.79 Å². The number of anilines is 1. The van der Waals surface area contributed by atoms with Crippen LogP contribution in [-0.4, -0.2) is 26.8 Å². The summed E-state index contributed by atoms with van der Waals surface area (Å²) in [6.45, 7) is 6.12. The van der Waals surface area contributed by atoms with E-state index in [1.165, 1.54) is 17.3 Å². The molecule has 0 saturated heterocycles. The molecular formula is C23H22N4OS2. The Morgan fingerprint density at radius 3 is 2.60 bits per heavy atom. The summed E-state index contributed by atoms with van der Waals surface area (Å²) in [5, 5.41) is 13.5. The minimum absolute atomic E-state index is 0.0644. The summed E-state index contributed by atoms with van der Waals surface area (Å²) in [6, 6.07) is 16.1. The molecule has 2 aromatic carbocycles. The molecule has 1 amide bonds. The Kier molecular flexibility index (Phi) is 6.11. The summed E-state index contributed by atoms with van der Waals surface area (Å²) in [5.41, 5.74) is 5.85. The number of nitrogens with zero attached hydrogens (tertiary/aromatic N) is 3. The van der Waals surface area contributed by atoms with Crippen LogP contribution in [0.4, 0.5) is 5.69 Å². The number of hydrogen-bond donors (Lipinski definition) is 1. The Hall–Kier alpha value is -2.77. The molecule has 0 saturated carbocycles. The summed E-state index contributed by atoms with van der Waals surface area (Å²) < 4.78 is 1.01. The van der Waals surface area contributed by atoms with E-state index in [2.05, 4.69) is 58.6 Å². The van der Waals surface area contributed by atoms with Gasteiger partial charge in [-0.1, -0.05) is 66.7 Å². The number of hydrogen-bond acceptors (Lipinski definition) is 6. The van der Waals surface area contributed by atoms with Gasteiger partial charge in [0.1, 0.15) is 16.2 Å². The van der Waals surface area contributed by atoms with Crippen LogP contribution >= 0.6 is 23.1 Å². The van der Waals surface area contributed by atoms with Crippen LogP contribution in [0.5, 0.6) is 0 Å². The summed E-state index contributed by atoms with van der Waals surface area (Å²) in [5.74, 6) is 0.188. The predicted octanol–water partition coefficient (Wildman–Crippen LogP) is 5.66. The first kappa shape index (κ1) is 20.5. The van der Waals surface area contributed by atoms with Gasteiger partial charge in [-0.3, -0.25) is 4.79 Å². The van der Waals surface area contributed by atoms with Crippen molar-refractivity contribution in [2.24, 2.45) is 0 Å². The molecule has 0 spiro atoms. The maximum Gasteiger partial charge on any atom is 0.234 e. The lowest BCUT2D eigenvalue weighted by molar-refractivity contribution is -0.113. The van der Waals surface area contributed by atoms with E-state index in [1.54, 1.807) is 11.3 Å². The van der Waals surface area contributed by atoms with Crippen molar-refractivity contribution < 1.29 is 4.79 Å². The van der Waals surface area contributed by atoms with Crippen LogP contribution in [0, 0.1) is 13.8 Å². The Balaban J connectivity index is 1.56. The lowest BCUT2D eigenvalue weighted by Crippen LogP contribution is -2.15. The van der Waals surface area contributed by atoms with Crippen LogP contribution in [-0.2, 0) is 11.2 Å². The van der Waals surface area contributed by atoms with Gasteiger partial charge in [0, 0.05) is 11.3 Å². The van der Waals surface area contributed by atoms with Crippen molar-refractivity contribution in [2.45, 2.75) is 32.2 Å². The van der Waals surface area contributed by atoms with Gasteiger partial charge in [0.2, 0.25) is 5.91 Å². The smallest absolute Gasteiger partial charge is 0.234 e. The van der Waals surface area contributed by atoms with Gasteiger partial charge in [-0.15, -0.1) is 21.5 Å². The molecule has 0 fully saturated rings. The predicted molar refractivity (Wildman–Crippen MR) is 125 cm³/mol. The normalized spacial score (nSPS) is 11.0. The molecule has 0 aliphatic rings. The molecule has 2 heterocycles. The molecule has 0 bridgehead atoms. The van der Waals surface area contributed by atoms with Crippen molar-refractivity contribution in [1.29, 1.82) is 0 Å². The van der Waals surface area contributed by atoms with Crippen LogP contribution in [0.2, 0.25) is 0 Å². The number of thioether (sulfide) groups is 1. The highest BCUT2D eigenvalue weighted by Crippen LogP contribution is 2.35. The number of benzene rings is 2. The Morgan fingerprint density at radius 1 is 1.07 bits per heavy atom. The minimum Gasteiger partial charge on any atom is -0.325 e. The van der Waals surface area contributed by atoms with Crippen molar-refractivity contribution in [1.82, 2.24) is 15.2 Å². The van der Waals surface area contributed by atoms with E-state index in [1.807, 2.05) is 31.2 Å². The van der Waals surface area contributed by atoms with Crippen LogP contribution in [0.1, 0.15) is 23.1 Å².